The van der Waals surface area contributed by atoms with Crippen molar-refractivity contribution in [3.63, 3.8) is 0 Å². The Balaban J connectivity index is 0.00000320. The van der Waals surface area contributed by atoms with Gasteiger partial charge in [0.1, 0.15) is 5.69 Å². The van der Waals surface area contributed by atoms with Gasteiger partial charge in [0, 0.05) is 44.6 Å². The van der Waals surface area contributed by atoms with E-state index in [1.807, 2.05) is 24.3 Å². The zero-order chi connectivity index (χ0) is 25.1. The van der Waals surface area contributed by atoms with Crippen molar-refractivity contribution >= 4 is 24.0 Å². The fourth-order valence-electron chi connectivity index (χ4n) is 4.51. The number of nitrogens with zero attached hydrogens (tertiary/aromatic N) is 5. The summed E-state index contributed by atoms with van der Waals surface area (Å²) in [5, 5.41) is 3.01. The van der Waals surface area contributed by atoms with E-state index in [1.54, 1.807) is 0 Å². The third-order valence-corrected chi connectivity index (χ3v) is 6.31. The molecular weight excluding hydrogens is 516 g/mol. The third kappa shape index (κ3) is 6.38. The van der Waals surface area contributed by atoms with Crippen molar-refractivity contribution in [3.8, 4) is 11.4 Å². The molecule has 0 bridgehead atoms. The molecule has 1 aromatic carbocycles. The van der Waals surface area contributed by atoms with Crippen LogP contribution in [0.15, 0.2) is 36.7 Å². The molecule has 0 spiro atoms. The number of imidazole rings is 1. The van der Waals surface area contributed by atoms with Gasteiger partial charge in [0.25, 0.3) is 0 Å². The molecule has 37 heavy (non-hydrogen) atoms. The van der Waals surface area contributed by atoms with Crippen LogP contribution < -0.4 is 5.32 Å². The van der Waals surface area contributed by atoms with Gasteiger partial charge in [-0.25, -0.2) is 19.3 Å². The Morgan fingerprint density at radius 1 is 0.946 bits per heavy atom. The minimum absolute atomic E-state index is 0. The molecule has 0 amide bonds. The lowest BCUT2D eigenvalue weighted by atomic mass is 10.1. The Labute approximate surface area is 217 Å². The summed E-state index contributed by atoms with van der Waals surface area (Å²) in [4.78, 5) is 14.1. The molecule has 2 fully saturated rings. The zero-order valence-corrected chi connectivity index (χ0v) is 20.7. The van der Waals surface area contributed by atoms with Crippen molar-refractivity contribution in [3.05, 3.63) is 53.9 Å². The molecule has 5 rings (SSSR count). The van der Waals surface area contributed by atoms with Crippen LogP contribution in [0.5, 0.6) is 0 Å². The van der Waals surface area contributed by atoms with Gasteiger partial charge in [0.15, 0.2) is 5.82 Å². The number of hydrogen-bond donors (Lipinski definition) is 1. The maximum Gasteiger partial charge on any atom is 0.449 e. The molecule has 4 heterocycles. The van der Waals surface area contributed by atoms with E-state index in [4.69, 9.17) is 9.47 Å². The van der Waals surface area contributed by atoms with Crippen LogP contribution in [0.3, 0.4) is 0 Å². The highest BCUT2D eigenvalue weighted by Crippen LogP contribution is 2.37. The van der Waals surface area contributed by atoms with Crippen LogP contribution in [-0.2, 0) is 22.2 Å². The monoisotopic (exact) mass is 542 g/mol. The van der Waals surface area contributed by atoms with Gasteiger partial charge < -0.3 is 19.4 Å². The summed E-state index contributed by atoms with van der Waals surface area (Å²) in [6, 6.07) is 7.13. The van der Waals surface area contributed by atoms with E-state index < -0.39 is 23.9 Å². The first kappa shape index (κ1) is 27.2. The highest BCUT2D eigenvalue weighted by molar-refractivity contribution is 5.85. The molecule has 2 aliphatic heterocycles. The summed E-state index contributed by atoms with van der Waals surface area (Å²) < 4.78 is 67.7. The Morgan fingerprint density at radius 3 is 2.30 bits per heavy atom. The highest BCUT2D eigenvalue weighted by Gasteiger charge is 2.40. The van der Waals surface area contributed by atoms with Crippen molar-refractivity contribution in [1.82, 2.24) is 24.4 Å². The molecule has 200 valence electrons. The van der Waals surface area contributed by atoms with E-state index in [-0.39, 0.29) is 29.7 Å². The second-order valence-corrected chi connectivity index (χ2v) is 8.78. The van der Waals surface area contributed by atoms with Crippen molar-refractivity contribution in [2.45, 2.75) is 31.6 Å². The summed E-state index contributed by atoms with van der Waals surface area (Å²) in [7, 11) is 0. The maximum atomic E-state index is 14.8. The van der Waals surface area contributed by atoms with Gasteiger partial charge in [-0.2, -0.15) is 13.2 Å². The Hall–Kier alpha value is -2.80. The number of nitrogens with one attached hydrogen (secondary N) is 1. The van der Waals surface area contributed by atoms with Gasteiger partial charge in [-0.3, -0.25) is 4.90 Å². The summed E-state index contributed by atoms with van der Waals surface area (Å²) in [5.41, 5.74) is 1.51. The molecule has 2 aromatic heterocycles. The molecule has 1 N–H and O–H groups in total. The van der Waals surface area contributed by atoms with E-state index in [9.17, 15) is 17.6 Å². The number of morpholine rings is 1. The molecule has 2 saturated heterocycles. The van der Waals surface area contributed by atoms with Crippen LogP contribution in [-0.4, -0.2) is 63.9 Å². The minimum Gasteiger partial charge on any atom is -0.381 e. The standard InChI is InChI=1S/C24H26F4N6O2.ClH/c25-19-13-30-23(31-17-3-1-16(2-4-17)15-33-7-11-36-12-8-33)32-21(19)20-14-29-22(24(26,27)28)34(20)18-5-9-35-10-6-18;/h1-4,13-14,18H,5-12,15H2,(H,30,31,32);1H. The number of anilines is 2. The molecule has 0 unspecified atom stereocenters. The SMILES string of the molecule is Cl.Fc1cnc(Nc2ccc(CN3CCOCC3)cc2)nc1-c1cnc(C(F)(F)F)n1C1CCOCC1. The highest BCUT2D eigenvalue weighted by atomic mass is 35.5. The van der Waals surface area contributed by atoms with Gasteiger partial charge in [-0.05, 0) is 30.5 Å². The van der Waals surface area contributed by atoms with E-state index in [0.29, 0.717) is 31.7 Å². The van der Waals surface area contributed by atoms with Crippen molar-refractivity contribution in [1.29, 1.82) is 0 Å². The molecule has 0 radical (unpaired) electrons. The van der Waals surface area contributed by atoms with Crippen molar-refractivity contribution in [2.75, 3.05) is 44.8 Å². The zero-order valence-electron chi connectivity index (χ0n) is 19.9. The van der Waals surface area contributed by atoms with E-state index in [2.05, 4.69) is 25.2 Å². The van der Waals surface area contributed by atoms with Crippen LogP contribution in [0.4, 0.5) is 29.2 Å². The average molecular weight is 543 g/mol. The summed E-state index contributed by atoms with van der Waals surface area (Å²) in [6.07, 6.45) is -1.99. The van der Waals surface area contributed by atoms with Crippen LogP contribution in [0.25, 0.3) is 11.4 Å². The number of halogens is 5. The fraction of sp³-hybridized carbons (Fsp3) is 0.458. The van der Waals surface area contributed by atoms with E-state index >= 15 is 0 Å². The Bertz CT molecular complexity index is 1180. The molecule has 8 nitrogen and oxygen atoms in total. The topological polar surface area (TPSA) is 77.3 Å². The third-order valence-electron chi connectivity index (χ3n) is 6.31. The second kappa shape index (κ2) is 11.7. The lowest BCUT2D eigenvalue weighted by molar-refractivity contribution is -0.148. The maximum absolute atomic E-state index is 14.8. The van der Waals surface area contributed by atoms with Crippen molar-refractivity contribution in [2.24, 2.45) is 0 Å². The minimum atomic E-state index is -4.69. The van der Waals surface area contributed by atoms with Crippen LogP contribution >= 0.6 is 12.4 Å². The first-order chi connectivity index (χ1) is 17.4. The van der Waals surface area contributed by atoms with Crippen LogP contribution in [0.1, 0.15) is 30.3 Å². The van der Waals surface area contributed by atoms with Crippen LogP contribution in [0.2, 0.25) is 0 Å². The van der Waals surface area contributed by atoms with Gasteiger partial charge in [-0.15, -0.1) is 12.4 Å². The van der Waals surface area contributed by atoms with Crippen molar-refractivity contribution < 1.29 is 27.0 Å². The smallest absolute Gasteiger partial charge is 0.381 e. The number of ether oxygens (including phenoxy) is 2. The largest absolute Gasteiger partial charge is 0.449 e. The molecular formula is C24H27ClF4N6O2. The van der Waals surface area contributed by atoms with Gasteiger partial charge in [0.2, 0.25) is 11.8 Å². The Kier molecular flexibility index (Phi) is 8.63. The average Bonchev–Trinajstić information content (AvgIpc) is 3.33. The number of aromatic nitrogens is 4. The normalized spacial score (nSPS) is 17.4. The second-order valence-electron chi connectivity index (χ2n) is 8.78. The predicted octanol–water partition coefficient (Wildman–Crippen LogP) is 4.85. The number of alkyl halides is 3. The lowest BCUT2D eigenvalue weighted by Crippen LogP contribution is -2.35. The summed E-state index contributed by atoms with van der Waals surface area (Å²) in [5.74, 6) is -1.84. The summed E-state index contributed by atoms with van der Waals surface area (Å²) in [6.45, 7) is 4.65. The number of benzene rings is 1. The fourth-order valence-corrected chi connectivity index (χ4v) is 4.51. The van der Waals surface area contributed by atoms with Gasteiger partial charge >= 0.3 is 6.18 Å². The molecule has 2 aliphatic rings. The van der Waals surface area contributed by atoms with E-state index in [1.165, 1.54) is 0 Å². The first-order valence-electron chi connectivity index (χ1n) is 11.8. The molecule has 0 aliphatic carbocycles. The molecule has 13 heteroatoms. The first-order valence-corrected chi connectivity index (χ1v) is 11.8. The van der Waals surface area contributed by atoms with Gasteiger partial charge in [-0.1, -0.05) is 12.1 Å². The molecule has 0 atom stereocenters. The summed E-state index contributed by atoms with van der Waals surface area (Å²) >= 11 is 0. The number of hydrogen-bond acceptors (Lipinski definition) is 7. The molecule has 0 saturated carbocycles. The number of rotatable bonds is 6. The van der Waals surface area contributed by atoms with E-state index in [0.717, 1.165) is 55.4 Å². The lowest BCUT2D eigenvalue weighted by Gasteiger charge is -2.27. The van der Waals surface area contributed by atoms with Crippen LogP contribution in [0, 0.1) is 5.82 Å². The Morgan fingerprint density at radius 2 is 1.62 bits per heavy atom. The predicted molar refractivity (Wildman–Crippen MR) is 130 cm³/mol. The quantitative estimate of drug-likeness (QED) is 0.446. The van der Waals surface area contributed by atoms with Gasteiger partial charge in [0.05, 0.1) is 31.3 Å². The molecule has 3 aromatic rings.